The molecule has 0 aliphatic heterocycles. The van der Waals surface area contributed by atoms with Gasteiger partial charge in [0.25, 0.3) is 0 Å². The molecule has 3 rings (SSSR count). The second-order valence-electron chi connectivity index (χ2n) is 4.80. The number of fused-ring (bicyclic) bond motifs is 2. The summed E-state index contributed by atoms with van der Waals surface area (Å²) in [4.78, 5) is 10.9. The fourth-order valence-corrected chi connectivity index (χ4v) is 2.61. The number of aldehydes is 1. The lowest BCUT2D eigenvalue weighted by molar-refractivity contribution is -0.108. The minimum atomic E-state index is -0.450. The van der Waals surface area contributed by atoms with Crippen molar-refractivity contribution in [1.82, 2.24) is 0 Å². The van der Waals surface area contributed by atoms with Gasteiger partial charge in [0.05, 0.1) is 6.04 Å². The number of nitrogens with two attached hydrogens (primary N) is 1. The summed E-state index contributed by atoms with van der Waals surface area (Å²) in [6.07, 6.45) is 1.39. The van der Waals surface area contributed by atoms with Crippen LogP contribution in [0.3, 0.4) is 0 Å². The zero-order valence-corrected chi connectivity index (χ0v) is 10.5. The van der Waals surface area contributed by atoms with Crippen LogP contribution in [0.15, 0.2) is 54.6 Å². The molecule has 2 heteroatoms. The lowest BCUT2D eigenvalue weighted by Gasteiger charge is -2.12. The highest BCUT2D eigenvalue weighted by atomic mass is 16.1. The Bertz CT molecular complexity index is 694. The molecule has 94 valence electrons. The number of hydrogen-bond donors (Lipinski definition) is 1. The van der Waals surface area contributed by atoms with E-state index in [1.54, 1.807) is 0 Å². The maximum atomic E-state index is 10.9. The summed E-state index contributed by atoms with van der Waals surface area (Å²) in [7, 11) is 0. The van der Waals surface area contributed by atoms with E-state index in [1.165, 1.54) is 21.5 Å². The van der Waals surface area contributed by atoms with Crippen LogP contribution in [0.25, 0.3) is 21.5 Å². The van der Waals surface area contributed by atoms with Crippen LogP contribution in [-0.4, -0.2) is 12.3 Å². The summed E-state index contributed by atoms with van der Waals surface area (Å²) in [5, 5.41) is 4.74. The van der Waals surface area contributed by atoms with Crippen LogP contribution in [0.5, 0.6) is 0 Å². The van der Waals surface area contributed by atoms with Gasteiger partial charge >= 0.3 is 0 Å². The van der Waals surface area contributed by atoms with Crippen molar-refractivity contribution in [2.45, 2.75) is 12.5 Å². The Kier molecular flexibility index (Phi) is 3.02. The normalized spacial score (nSPS) is 12.7. The molecular formula is C17H15NO. The highest BCUT2D eigenvalue weighted by Gasteiger charge is 2.10. The topological polar surface area (TPSA) is 43.1 Å². The third kappa shape index (κ3) is 2.11. The zero-order chi connectivity index (χ0) is 13.2. The van der Waals surface area contributed by atoms with E-state index >= 15 is 0 Å². The van der Waals surface area contributed by atoms with Gasteiger partial charge in [-0.2, -0.15) is 0 Å². The largest absolute Gasteiger partial charge is 0.321 e. The predicted octanol–water partition coefficient (Wildman–Crippen LogP) is 3.06. The Morgan fingerprint density at radius 1 is 0.947 bits per heavy atom. The molecule has 0 fully saturated rings. The molecule has 0 aliphatic rings. The fourth-order valence-electron chi connectivity index (χ4n) is 2.61. The van der Waals surface area contributed by atoms with Gasteiger partial charge < -0.3 is 10.5 Å². The highest BCUT2D eigenvalue weighted by molar-refractivity contribution is 6.02. The lowest BCUT2D eigenvalue weighted by atomic mass is 9.93. The van der Waals surface area contributed by atoms with Crippen molar-refractivity contribution in [1.29, 1.82) is 0 Å². The predicted molar refractivity (Wildman–Crippen MR) is 79.2 cm³/mol. The molecular weight excluding hydrogens is 234 g/mol. The Morgan fingerprint density at radius 3 is 2.00 bits per heavy atom. The molecule has 2 nitrogen and oxygen atoms in total. The molecule has 0 heterocycles. The summed E-state index contributed by atoms with van der Waals surface area (Å²) >= 11 is 0. The molecule has 0 saturated heterocycles. The molecule has 0 aliphatic carbocycles. The van der Waals surface area contributed by atoms with Crippen LogP contribution in [-0.2, 0) is 11.2 Å². The molecule has 0 spiro atoms. The van der Waals surface area contributed by atoms with Gasteiger partial charge in [-0.05, 0) is 39.6 Å². The van der Waals surface area contributed by atoms with E-state index in [0.717, 1.165) is 11.8 Å². The van der Waals surface area contributed by atoms with Crippen molar-refractivity contribution in [3.8, 4) is 0 Å². The van der Waals surface area contributed by atoms with Gasteiger partial charge in [0, 0.05) is 0 Å². The molecule has 19 heavy (non-hydrogen) atoms. The van der Waals surface area contributed by atoms with Crippen LogP contribution in [0.4, 0.5) is 0 Å². The van der Waals surface area contributed by atoms with Crippen LogP contribution in [0.2, 0.25) is 0 Å². The molecule has 1 unspecified atom stereocenters. The first-order valence-electron chi connectivity index (χ1n) is 6.40. The smallest absolute Gasteiger partial charge is 0.137 e. The van der Waals surface area contributed by atoms with Crippen molar-refractivity contribution < 1.29 is 4.79 Å². The van der Waals surface area contributed by atoms with Crippen LogP contribution in [0, 0.1) is 0 Å². The number of benzene rings is 3. The first-order valence-corrected chi connectivity index (χ1v) is 6.40. The maximum absolute atomic E-state index is 10.9. The molecule has 3 aromatic rings. The first-order chi connectivity index (χ1) is 9.29. The van der Waals surface area contributed by atoms with E-state index in [1.807, 2.05) is 24.3 Å². The van der Waals surface area contributed by atoms with E-state index in [0.29, 0.717) is 6.42 Å². The molecule has 3 aromatic carbocycles. The third-order valence-corrected chi connectivity index (χ3v) is 3.50. The minimum absolute atomic E-state index is 0.450. The van der Waals surface area contributed by atoms with Gasteiger partial charge in [0.1, 0.15) is 6.29 Å². The molecule has 0 bridgehead atoms. The van der Waals surface area contributed by atoms with Gasteiger partial charge in [-0.1, -0.05) is 48.5 Å². The molecule has 1 atom stereocenters. The Labute approximate surface area is 111 Å². The van der Waals surface area contributed by atoms with Crippen molar-refractivity contribution in [2.24, 2.45) is 5.73 Å². The van der Waals surface area contributed by atoms with Crippen LogP contribution >= 0.6 is 0 Å². The van der Waals surface area contributed by atoms with Gasteiger partial charge in [-0.25, -0.2) is 0 Å². The fraction of sp³-hybridized carbons (Fsp3) is 0.118. The first kappa shape index (κ1) is 11.9. The standard InChI is InChI=1S/C17H15NO/c18-14(11-19)10-17-15-7-3-1-5-12(15)9-13-6-2-4-8-16(13)17/h1-9,11,14H,10,18H2. The lowest BCUT2D eigenvalue weighted by Crippen LogP contribution is -2.24. The van der Waals surface area contributed by atoms with E-state index in [4.69, 9.17) is 5.73 Å². The van der Waals surface area contributed by atoms with E-state index in [-0.39, 0.29) is 0 Å². The number of rotatable bonds is 3. The summed E-state index contributed by atoms with van der Waals surface area (Å²) in [6, 6.07) is 18.2. The summed E-state index contributed by atoms with van der Waals surface area (Å²) in [6.45, 7) is 0. The Hall–Kier alpha value is -2.19. The highest BCUT2D eigenvalue weighted by Crippen LogP contribution is 2.29. The average Bonchev–Trinajstić information content (AvgIpc) is 2.46. The number of carbonyl (C=O) groups is 1. The van der Waals surface area contributed by atoms with Crippen molar-refractivity contribution in [2.75, 3.05) is 0 Å². The molecule has 2 N–H and O–H groups in total. The monoisotopic (exact) mass is 249 g/mol. The second-order valence-corrected chi connectivity index (χ2v) is 4.80. The summed E-state index contributed by atoms with van der Waals surface area (Å²) in [5.41, 5.74) is 6.98. The Morgan fingerprint density at radius 2 is 1.47 bits per heavy atom. The SMILES string of the molecule is NC(C=O)Cc1c2ccccc2cc2ccccc12. The van der Waals surface area contributed by atoms with Crippen molar-refractivity contribution in [3.05, 3.63) is 60.2 Å². The Balaban J connectivity index is 2.35. The van der Waals surface area contributed by atoms with Gasteiger partial charge in [0.2, 0.25) is 0 Å². The maximum Gasteiger partial charge on any atom is 0.137 e. The molecule has 0 saturated carbocycles. The minimum Gasteiger partial charge on any atom is -0.321 e. The third-order valence-electron chi connectivity index (χ3n) is 3.50. The molecule has 0 aromatic heterocycles. The molecule has 0 radical (unpaired) electrons. The summed E-state index contributed by atoms with van der Waals surface area (Å²) in [5.74, 6) is 0. The van der Waals surface area contributed by atoms with Gasteiger partial charge in [0.15, 0.2) is 0 Å². The summed E-state index contributed by atoms with van der Waals surface area (Å²) < 4.78 is 0. The number of carbonyl (C=O) groups excluding carboxylic acids is 1. The van der Waals surface area contributed by atoms with Crippen LogP contribution in [0.1, 0.15) is 5.56 Å². The van der Waals surface area contributed by atoms with Crippen molar-refractivity contribution in [3.63, 3.8) is 0 Å². The van der Waals surface area contributed by atoms with E-state index in [2.05, 4.69) is 30.3 Å². The quantitative estimate of drug-likeness (QED) is 0.572. The van der Waals surface area contributed by atoms with Gasteiger partial charge in [-0.3, -0.25) is 0 Å². The van der Waals surface area contributed by atoms with E-state index in [9.17, 15) is 4.79 Å². The second kappa shape index (κ2) is 4.82. The number of hydrogen-bond acceptors (Lipinski definition) is 2. The van der Waals surface area contributed by atoms with Crippen molar-refractivity contribution >= 4 is 27.8 Å². The zero-order valence-electron chi connectivity index (χ0n) is 10.5. The molecule has 0 amide bonds. The van der Waals surface area contributed by atoms with Crippen LogP contribution < -0.4 is 5.73 Å². The van der Waals surface area contributed by atoms with Gasteiger partial charge in [-0.15, -0.1) is 0 Å². The van der Waals surface area contributed by atoms with E-state index < -0.39 is 6.04 Å². The average molecular weight is 249 g/mol.